The summed E-state index contributed by atoms with van der Waals surface area (Å²) in [4.78, 5) is 36.5. The van der Waals surface area contributed by atoms with Gasteiger partial charge in [-0.15, -0.1) is 0 Å². The van der Waals surface area contributed by atoms with Gasteiger partial charge in [0.25, 0.3) is 0 Å². The number of methoxy groups -OCH3 is 1. The number of fused-ring (bicyclic) bond motifs is 5. The minimum absolute atomic E-state index is 0.0427. The first-order valence-corrected chi connectivity index (χ1v) is 13.6. The van der Waals surface area contributed by atoms with Gasteiger partial charge in [-0.3, -0.25) is 14.5 Å². The SMILES string of the molecule is CO.COc1nc2ccccc2cc1[C@@H]1CN(C)[C@]2(C(=O)c3cccc4cccc2c34)[C@@]12C(=O)Nc1ccccc12. The summed E-state index contributed by atoms with van der Waals surface area (Å²) in [5.41, 5.74) is 2.26. The number of benzene rings is 4. The van der Waals surface area contributed by atoms with Crippen molar-refractivity contribution in [3.8, 4) is 5.88 Å². The average Bonchev–Trinajstić information content (AvgIpc) is 3.57. The van der Waals surface area contributed by atoms with Gasteiger partial charge in [-0.1, -0.05) is 72.8 Å². The Kier molecular flexibility index (Phi) is 5.55. The van der Waals surface area contributed by atoms with Crippen LogP contribution in [0.5, 0.6) is 5.88 Å². The Balaban J connectivity index is 0.00000135. The second-order valence-corrected chi connectivity index (χ2v) is 10.8. The van der Waals surface area contributed by atoms with Crippen LogP contribution < -0.4 is 10.1 Å². The molecule has 1 aromatic heterocycles. The minimum atomic E-state index is -1.25. The maximum atomic E-state index is 14.9. The third kappa shape index (κ3) is 2.92. The molecule has 204 valence electrons. The number of aliphatic hydroxyl groups excluding tert-OH is 1. The van der Waals surface area contributed by atoms with E-state index in [4.69, 9.17) is 14.8 Å². The molecule has 2 spiro atoms. The number of nitrogens with zero attached hydrogens (tertiary/aromatic N) is 2. The summed E-state index contributed by atoms with van der Waals surface area (Å²) >= 11 is 0. The van der Waals surface area contributed by atoms with E-state index in [0.717, 1.165) is 51.2 Å². The van der Waals surface area contributed by atoms with Gasteiger partial charge in [0.15, 0.2) is 5.78 Å². The number of nitrogens with one attached hydrogen (secondary N) is 1. The molecule has 7 heteroatoms. The summed E-state index contributed by atoms with van der Waals surface area (Å²) in [6, 6.07) is 29.7. The molecule has 41 heavy (non-hydrogen) atoms. The second kappa shape index (κ2) is 8.96. The van der Waals surface area contributed by atoms with E-state index in [2.05, 4.69) is 16.3 Å². The molecule has 1 amide bonds. The molecule has 4 aromatic carbocycles. The van der Waals surface area contributed by atoms with Crippen molar-refractivity contribution in [2.24, 2.45) is 0 Å². The highest BCUT2D eigenvalue weighted by molar-refractivity contribution is 6.25. The van der Waals surface area contributed by atoms with Crippen molar-refractivity contribution >= 4 is 39.1 Å². The quantitative estimate of drug-likeness (QED) is 0.325. The van der Waals surface area contributed by atoms with Crippen molar-refractivity contribution in [1.82, 2.24) is 9.88 Å². The van der Waals surface area contributed by atoms with Gasteiger partial charge in [0.2, 0.25) is 11.8 Å². The Hall–Kier alpha value is -4.59. The van der Waals surface area contributed by atoms with Gasteiger partial charge in [0.05, 0.1) is 12.6 Å². The normalized spacial score (nSPS) is 24.1. The van der Waals surface area contributed by atoms with E-state index in [1.54, 1.807) is 7.11 Å². The predicted molar refractivity (Wildman–Crippen MR) is 159 cm³/mol. The molecule has 0 bridgehead atoms. The zero-order valence-corrected chi connectivity index (χ0v) is 23.0. The van der Waals surface area contributed by atoms with E-state index in [0.29, 0.717) is 18.0 Å². The number of ketones is 1. The van der Waals surface area contributed by atoms with E-state index in [1.165, 1.54) is 0 Å². The zero-order chi connectivity index (χ0) is 28.5. The summed E-state index contributed by atoms with van der Waals surface area (Å²) in [5, 5.41) is 13.1. The van der Waals surface area contributed by atoms with Crippen LogP contribution in [0.15, 0.2) is 91.0 Å². The minimum Gasteiger partial charge on any atom is -0.481 e. The monoisotopic (exact) mass is 543 g/mol. The van der Waals surface area contributed by atoms with Crippen molar-refractivity contribution in [2.75, 3.05) is 33.1 Å². The van der Waals surface area contributed by atoms with Crippen LogP contribution in [0.25, 0.3) is 21.7 Å². The summed E-state index contributed by atoms with van der Waals surface area (Å²) in [6.45, 7) is 0.467. The highest BCUT2D eigenvalue weighted by Crippen LogP contribution is 2.67. The molecule has 3 heterocycles. The standard InChI is InChI=1S/C33H25N3O3.CH4O/c1-36-18-25(22-17-20-9-3-5-15-26(20)34-30(22)39-2)32(23-13-4-6-16-27(23)35-31(32)38)33(36)24-14-8-11-19-10-7-12-21(28(19)24)29(33)37;1-2/h3-17,25H,18H2,1-2H3,(H,35,38);2H,1H3/t25-,32+,33+;/m0./s1. The Morgan fingerprint density at radius 3 is 2.39 bits per heavy atom. The molecule has 1 fully saturated rings. The third-order valence-corrected chi connectivity index (χ3v) is 9.23. The lowest BCUT2D eigenvalue weighted by molar-refractivity contribution is -0.123. The molecule has 0 saturated carbocycles. The molecule has 1 aliphatic carbocycles. The molecule has 2 N–H and O–H groups in total. The van der Waals surface area contributed by atoms with Crippen LogP contribution >= 0.6 is 0 Å². The molecule has 0 unspecified atom stereocenters. The summed E-state index contributed by atoms with van der Waals surface area (Å²) in [6.07, 6.45) is 0. The van der Waals surface area contributed by atoms with Gasteiger partial charge in [-0.05, 0) is 47.1 Å². The fourth-order valence-corrected chi connectivity index (χ4v) is 7.86. The van der Waals surface area contributed by atoms with Crippen molar-refractivity contribution < 1.29 is 19.4 Å². The van der Waals surface area contributed by atoms with E-state index in [-0.39, 0.29) is 11.7 Å². The lowest BCUT2D eigenvalue weighted by Gasteiger charge is -2.44. The smallest absolute Gasteiger partial charge is 0.238 e. The highest BCUT2D eigenvalue weighted by Gasteiger charge is 2.76. The van der Waals surface area contributed by atoms with Crippen LogP contribution in [-0.4, -0.2) is 54.5 Å². The number of aliphatic hydroxyl groups is 1. The molecule has 0 radical (unpaired) electrons. The number of ether oxygens (including phenoxy) is 1. The molecule has 3 aliphatic rings. The molecule has 3 atom stereocenters. The maximum Gasteiger partial charge on any atom is 0.238 e. The number of Topliss-reactive ketones (excluding diaryl/α,β-unsaturated/α-hetero) is 1. The van der Waals surface area contributed by atoms with Gasteiger partial charge in [-0.2, -0.15) is 0 Å². The number of anilines is 1. The topological polar surface area (TPSA) is 91.8 Å². The van der Waals surface area contributed by atoms with Crippen LogP contribution in [0.1, 0.15) is 33.0 Å². The van der Waals surface area contributed by atoms with Gasteiger partial charge in [-0.25, -0.2) is 4.98 Å². The number of likely N-dealkylation sites (tertiary alicyclic amines) is 1. The maximum absolute atomic E-state index is 14.9. The Bertz CT molecular complexity index is 1900. The van der Waals surface area contributed by atoms with E-state index < -0.39 is 16.9 Å². The van der Waals surface area contributed by atoms with Crippen molar-refractivity contribution in [2.45, 2.75) is 16.9 Å². The van der Waals surface area contributed by atoms with Crippen LogP contribution in [0.4, 0.5) is 5.69 Å². The summed E-state index contributed by atoms with van der Waals surface area (Å²) in [7, 11) is 4.58. The van der Waals surface area contributed by atoms with E-state index in [1.807, 2.05) is 92.0 Å². The number of aromatic nitrogens is 1. The summed E-state index contributed by atoms with van der Waals surface area (Å²) in [5.74, 6) is -0.154. The fourth-order valence-electron chi connectivity index (χ4n) is 7.86. The van der Waals surface area contributed by atoms with Crippen LogP contribution in [-0.2, 0) is 15.7 Å². The third-order valence-electron chi connectivity index (χ3n) is 9.23. The van der Waals surface area contributed by atoms with Gasteiger partial charge < -0.3 is 15.2 Å². The number of likely N-dealkylation sites (N-methyl/N-ethyl adjacent to an activating group) is 1. The number of hydrogen-bond donors (Lipinski definition) is 2. The highest BCUT2D eigenvalue weighted by atomic mass is 16.5. The van der Waals surface area contributed by atoms with Gasteiger partial charge >= 0.3 is 0 Å². The van der Waals surface area contributed by atoms with E-state index >= 15 is 0 Å². The lowest BCUT2D eigenvalue weighted by Crippen LogP contribution is -2.60. The molecule has 5 aromatic rings. The van der Waals surface area contributed by atoms with E-state index in [9.17, 15) is 9.59 Å². The number of amides is 1. The number of rotatable bonds is 2. The van der Waals surface area contributed by atoms with Gasteiger partial charge in [0.1, 0.15) is 11.0 Å². The second-order valence-electron chi connectivity index (χ2n) is 10.8. The Morgan fingerprint density at radius 1 is 0.902 bits per heavy atom. The number of carbonyl (C=O) groups excluding carboxylic acids is 2. The molecule has 1 saturated heterocycles. The molecule has 8 rings (SSSR count). The lowest BCUT2D eigenvalue weighted by atomic mass is 9.57. The van der Waals surface area contributed by atoms with Crippen molar-refractivity contribution in [3.05, 3.63) is 113 Å². The number of carbonyl (C=O) groups is 2. The van der Waals surface area contributed by atoms with Crippen LogP contribution in [0.2, 0.25) is 0 Å². The largest absolute Gasteiger partial charge is 0.481 e. The average molecular weight is 544 g/mol. The number of hydrogen-bond acceptors (Lipinski definition) is 6. The first-order valence-electron chi connectivity index (χ1n) is 13.6. The van der Waals surface area contributed by atoms with Crippen molar-refractivity contribution in [3.63, 3.8) is 0 Å². The number of pyridine rings is 1. The van der Waals surface area contributed by atoms with Gasteiger partial charge in [0, 0.05) is 41.8 Å². The molecular weight excluding hydrogens is 514 g/mol. The Labute approximate surface area is 237 Å². The molecule has 7 nitrogen and oxygen atoms in total. The van der Waals surface area contributed by atoms with Crippen LogP contribution in [0, 0.1) is 0 Å². The molecule has 2 aliphatic heterocycles. The van der Waals surface area contributed by atoms with Crippen molar-refractivity contribution in [1.29, 1.82) is 0 Å². The number of para-hydroxylation sites is 2. The van der Waals surface area contributed by atoms with Crippen LogP contribution in [0.3, 0.4) is 0 Å². The molecular formula is C34H29N3O4. The Morgan fingerprint density at radius 2 is 1.59 bits per heavy atom. The summed E-state index contributed by atoms with van der Waals surface area (Å²) < 4.78 is 5.88. The fraction of sp³-hybridized carbons (Fsp3) is 0.206. The zero-order valence-electron chi connectivity index (χ0n) is 23.0. The first-order chi connectivity index (χ1) is 20.0. The predicted octanol–water partition coefficient (Wildman–Crippen LogP) is 5.02. The first kappa shape index (κ1) is 25.4.